The van der Waals surface area contributed by atoms with Gasteiger partial charge < -0.3 is 15.8 Å². The molecular formula is C9H10N2O2S2. The fourth-order valence-corrected chi connectivity index (χ4v) is 2.38. The second-order valence-electron chi connectivity index (χ2n) is 2.91. The van der Waals surface area contributed by atoms with Crippen molar-refractivity contribution in [1.82, 2.24) is 4.98 Å². The molecule has 6 heteroatoms. The SMILES string of the molecule is CC(=O)Nc1ccc2[nH]c(=S)sc2c1.O. The summed E-state index contributed by atoms with van der Waals surface area (Å²) >= 11 is 6.52. The molecule has 0 saturated heterocycles. The normalized spacial score (nSPS) is 9.67. The highest BCUT2D eigenvalue weighted by Gasteiger charge is 1.99. The van der Waals surface area contributed by atoms with Gasteiger partial charge in [-0.15, -0.1) is 11.3 Å². The zero-order valence-electron chi connectivity index (χ0n) is 7.96. The number of aromatic amines is 1. The van der Waals surface area contributed by atoms with Crippen LogP contribution in [0.4, 0.5) is 5.69 Å². The van der Waals surface area contributed by atoms with Crippen molar-refractivity contribution < 1.29 is 10.3 Å². The number of benzene rings is 1. The molecule has 1 aromatic carbocycles. The van der Waals surface area contributed by atoms with Crippen molar-refractivity contribution in [2.24, 2.45) is 0 Å². The quantitative estimate of drug-likeness (QED) is 0.751. The lowest BCUT2D eigenvalue weighted by Gasteiger charge is -2.00. The van der Waals surface area contributed by atoms with E-state index >= 15 is 0 Å². The van der Waals surface area contributed by atoms with Crippen LogP contribution < -0.4 is 5.32 Å². The third kappa shape index (κ3) is 2.62. The number of rotatable bonds is 1. The molecule has 0 unspecified atom stereocenters. The minimum atomic E-state index is -0.0662. The molecule has 1 heterocycles. The average molecular weight is 242 g/mol. The van der Waals surface area contributed by atoms with Crippen molar-refractivity contribution in [2.75, 3.05) is 5.32 Å². The van der Waals surface area contributed by atoms with Crippen LogP contribution in [0, 0.1) is 3.95 Å². The molecule has 2 rings (SSSR count). The predicted octanol–water partition coefficient (Wildman–Crippen LogP) is 2.09. The van der Waals surface area contributed by atoms with E-state index in [9.17, 15) is 4.79 Å². The first-order valence-corrected chi connectivity index (χ1v) is 5.28. The molecule has 1 aromatic heterocycles. The van der Waals surface area contributed by atoms with Crippen molar-refractivity contribution in [3.05, 3.63) is 22.2 Å². The molecule has 4 N–H and O–H groups in total. The molecule has 2 aromatic rings. The molecular weight excluding hydrogens is 232 g/mol. The largest absolute Gasteiger partial charge is 0.412 e. The number of hydrogen-bond donors (Lipinski definition) is 2. The smallest absolute Gasteiger partial charge is 0.221 e. The number of anilines is 1. The van der Waals surface area contributed by atoms with Crippen molar-refractivity contribution in [3.8, 4) is 0 Å². The number of fused-ring (bicyclic) bond motifs is 1. The number of amides is 1. The predicted molar refractivity (Wildman–Crippen MR) is 64.9 cm³/mol. The Hall–Kier alpha value is -1.24. The monoisotopic (exact) mass is 242 g/mol. The molecule has 0 aliphatic carbocycles. The number of thiazole rings is 1. The maximum absolute atomic E-state index is 10.8. The van der Waals surface area contributed by atoms with Crippen LogP contribution >= 0.6 is 23.6 Å². The summed E-state index contributed by atoms with van der Waals surface area (Å²) in [4.78, 5) is 13.9. The summed E-state index contributed by atoms with van der Waals surface area (Å²) < 4.78 is 1.81. The van der Waals surface area contributed by atoms with Crippen LogP contribution in [0.5, 0.6) is 0 Å². The number of carbonyl (C=O) groups is 1. The summed E-state index contributed by atoms with van der Waals surface area (Å²) in [6, 6.07) is 5.67. The van der Waals surface area contributed by atoms with Crippen LogP contribution in [0.1, 0.15) is 6.92 Å². The number of carbonyl (C=O) groups excluding carboxylic acids is 1. The summed E-state index contributed by atoms with van der Waals surface area (Å²) in [5.74, 6) is -0.0662. The van der Waals surface area contributed by atoms with Gasteiger partial charge >= 0.3 is 0 Å². The molecule has 0 atom stereocenters. The first kappa shape index (κ1) is 11.8. The van der Waals surface area contributed by atoms with Crippen molar-refractivity contribution in [1.29, 1.82) is 0 Å². The van der Waals surface area contributed by atoms with Gasteiger partial charge in [0.1, 0.15) is 0 Å². The Morgan fingerprint density at radius 2 is 2.27 bits per heavy atom. The number of hydrogen-bond acceptors (Lipinski definition) is 3. The average Bonchev–Trinajstić information content (AvgIpc) is 2.42. The zero-order valence-corrected chi connectivity index (χ0v) is 9.59. The molecule has 15 heavy (non-hydrogen) atoms. The molecule has 0 spiro atoms. The minimum absolute atomic E-state index is 0. The van der Waals surface area contributed by atoms with E-state index in [2.05, 4.69) is 10.3 Å². The van der Waals surface area contributed by atoms with E-state index in [1.54, 1.807) is 0 Å². The fourth-order valence-electron chi connectivity index (χ4n) is 1.23. The van der Waals surface area contributed by atoms with Gasteiger partial charge in [0.25, 0.3) is 0 Å². The Balaban J connectivity index is 0.00000112. The van der Waals surface area contributed by atoms with E-state index in [-0.39, 0.29) is 11.4 Å². The van der Waals surface area contributed by atoms with E-state index in [0.29, 0.717) is 0 Å². The summed E-state index contributed by atoms with van der Waals surface area (Å²) in [5, 5.41) is 2.73. The van der Waals surface area contributed by atoms with Gasteiger partial charge in [-0.25, -0.2) is 0 Å². The van der Waals surface area contributed by atoms with Gasteiger partial charge in [0.05, 0.1) is 10.2 Å². The molecule has 0 saturated carbocycles. The first-order valence-electron chi connectivity index (χ1n) is 4.05. The van der Waals surface area contributed by atoms with Gasteiger partial charge in [0.15, 0.2) is 3.95 Å². The number of nitrogens with one attached hydrogen (secondary N) is 2. The van der Waals surface area contributed by atoms with Crippen LogP contribution in [0.2, 0.25) is 0 Å². The van der Waals surface area contributed by atoms with Gasteiger partial charge in [-0.1, -0.05) is 0 Å². The van der Waals surface area contributed by atoms with E-state index in [0.717, 1.165) is 19.9 Å². The first-order chi connectivity index (χ1) is 6.65. The molecule has 1 amide bonds. The molecule has 0 aliphatic rings. The third-order valence-corrected chi connectivity index (χ3v) is 2.94. The third-order valence-electron chi connectivity index (χ3n) is 1.74. The van der Waals surface area contributed by atoms with E-state index in [4.69, 9.17) is 12.2 Å². The van der Waals surface area contributed by atoms with Crippen LogP contribution in [0.25, 0.3) is 10.2 Å². The lowest BCUT2D eigenvalue weighted by molar-refractivity contribution is -0.114. The summed E-state index contributed by atoms with van der Waals surface area (Å²) in [5.41, 5.74) is 1.81. The Bertz CT molecular complexity index is 544. The summed E-state index contributed by atoms with van der Waals surface area (Å²) in [7, 11) is 0. The van der Waals surface area contributed by atoms with Gasteiger partial charge in [-0.3, -0.25) is 4.79 Å². The molecule has 0 bridgehead atoms. The van der Waals surface area contributed by atoms with Crippen LogP contribution in [0.15, 0.2) is 18.2 Å². The van der Waals surface area contributed by atoms with Gasteiger partial charge in [-0.2, -0.15) is 0 Å². The Morgan fingerprint density at radius 1 is 1.53 bits per heavy atom. The fraction of sp³-hybridized carbons (Fsp3) is 0.111. The van der Waals surface area contributed by atoms with Crippen molar-refractivity contribution in [2.45, 2.75) is 6.92 Å². The Morgan fingerprint density at radius 3 is 2.93 bits per heavy atom. The van der Waals surface area contributed by atoms with Crippen molar-refractivity contribution in [3.63, 3.8) is 0 Å². The summed E-state index contributed by atoms with van der Waals surface area (Å²) in [6.07, 6.45) is 0. The van der Waals surface area contributed by atoms with E-state index in [1.807, 2.05) is 18.2 Å². The zero-order chi connectivity index (χ0) is 10.1. The Labute approximate surface area is 95.3 Å². The van der Waals surface area contributed by atoms with Gasteiger partial charge in [0, 0.05) is 12.6 Å². The maximum atomic E-state index is 10.8. The number of aromatic nitrogens is 1. The minimum Gasteiger partial charge on any atom is -0.412 e. The van der Waals surface area contributed by atoms with E-state index in [1.165, 1.54) is 18.3 Å². The second kappa shape index (κ2) is 4.52. The molecule has 0 fully saturated rings. The van der Waals surface area contributed by atoms with Crippen LogP contribution in [0.3, 0.4) is 0 Å². The molecule has 0 radical (unpaired) electrons. The van der Waals surface area contributed by atoms with Crippen molar-refractivity contribution >= 4 is 45.4 Å². The molecule has 4 nitrogen and oxygen atoms in total. The van der Waals surface area contributed by atoms with Crippen LogP contribution in [-0.2, 0) is 4.79 Å². The highest BCUT2D eigenvalue weighted by Crippen LogP contribution is 2.22. The topological polar surface area (TPSA) is 76.4 Å². The van der Waals surface area contributed by atoms with Gasteiger partial charge in [0.2, 0.25) is 5.91 Å². The van der Waals surface area contributed by atoms with Crippen LogP contribution in [-0.4, -0.2) is 16.4 Å². The highest BCUT2D eigenvalue weighted by atomic mass is 32.1. The Kier molecular flexibility index (Phi) is 3.57. The van der Waals surface area contributed by atoms with E-state index < -0.39 is 0 Å². The lowest BCUT2D eigenvalue weighted by atomic mass is 10.3. The highest BCUT2D eigenvalue weighted by molar-refractivity contribution is 7.73. The number of H-pyrrole nitrogens is 1. The lowest BCUT2D eigenvalue weighted by Crippen LogP contribution is -2.05. The molecule has 80 valence electrons. The van der Waals surface area contributed by atoms with Gasteiger partial charge in [-0.05, 0) is 30.4 Å². The standard InChI is InChI=1S/C9H8N2OS2.H2O/c1-5(12)10-6-2-3-7-8(4-6)14-9(13)11-7;/h2-4H,1H3,(H,10,12)(H,11,13);1H2. The maximum Gasteiger partial charge on any atom is 0.221 e. The summed E-state index contributed by atoms with van der Waals surface area (Å²) in [6.45, 7) is 1.49. The second-order valence-corrected chi connectivity index (χ2v) is 4.63. The molecule has 0 aliphatic heterocycles.